The van der Waals surface area contributed by atoms with Crippen molar-refractivity contribution in [1.29, 1.82) is 0 Å². The molecule has 30 heavy (non-hydrogen) atoms. The molecule has 3 rings (SSSR count). The van der Waals surface area contributed by atoms with Gasteiger partial charge in [-0.3, -0.25) is 9.10 Å². The Kier molecular flexibility index (Phi) is 6.80. The number of benzene rings is 3. The van der Waals surface area contributed by atoms with Crippen LogP contribution in [0.2, 0.25) is 5.02 Å². The van der Waals surface area contributed by atoms with Crippen LogP contribution in [-0.4, -0.2) is 32.8 Å². The van der Waals surface area contributed by atoms with Gasteiger partial charge in [0.1, 0.15) is 6.54 Å². The van der Waals surface area contributed by atoms with Crippen molar-refractivity contribution < 1.29 is 13.2 Å². The molecule has 0 spiro atoms. The van der Waals surface area contributed by atoms with Gasteiger partial charge in [-0.25, -0.2) is 8.42 Å². The summed E-state index contributed by atoms with van der Waals surface area (Å²) in [4.78, 5) is 14.5. The van der Waals surface area contributed by atoms with E-state index in [0.29, 0.717) is 17.3 Å². The molecular formula is C23H23ClN2O3S. The van der Waals surface area contributed by atoms with Gasteiger partial charge in [0.15, 0.2) is 0 Å². The molecule has 156 valence electrons. The summed E-state index contributed by atoms with van der Waals surface area (Å²) in [6, 6.07) is 22.4. The summed E-state index contributed by atoms with van der Waals surface area (Å²) in [6.45, 7) is 2.08. The number of para-hydroxylation sites is 1. The molecular weight excluding hydrogens is 420 g/mol. The highest BCUT2D eigenvalue weighted by Crippen LogP contribution is 2.24. The lowest BCUT2D eigenvalue weighted by molar-refractivity contribution is -0.128. The van der Waals surface area contributed by atoms with Gasteiger partial charge in [0.05, 0.1) is 10.6 Å². The second-order valence-electron chi connectivity index (χ2n) is 7.04. The SMILES string of the molecule is Cc1ccc(CN(C)C(=O)CN(c2ccccc2)S(=O)(=O)c2ccc(Cl)cc2)cc1. The Morgan fingerprint density at radius 1 is 0.900 bits per heavy atom. The third kappa shape index (κ3) is 5.20. The van der Waals surface area contributed by atoms with Gasteiger partial charge in [-0.15, -0.1) is 0 Å². The van der Waals surface area contributed by atoms with Crippen molar-refractivity contribution in [3.8, 4) is 0 Å². The summed E-state index contributed by atoms with van der Waals surface area (Å²) in [6.07, 6.45) is 0. The third-order valence-corrected chi connectivity index (χ3v) is 6.73. The average Bonchev–Trinajstić information content (AvgIpc) is 2.74. The quantitative estimate of drug-likeness (QED) is 0.541. The number of sulfonamides is 1. The molecule has 3 aromatic rings. The third-order valence-electron chi connectivity index (χ3n) is 4.69. The van der Waals surface area contributed by atoms with Crippen LogP contribution in [0.1, 0.15) is 11.1 Å². The number of carbonyl (C=O) groups excluding carboxylic acids is 1. The molecule has 0 unspecified atom stereocenters. The van der Waals surface area contributed by atoms with E-state index in [1.807, 2.05) is 31.2 Å². The van der Waals surface area contributed by atoms with Gasteiger partial charge in [0.2, 0.25) is 5.91 Å². The van der Waals surface area contributed by atoms with E-state index in [1.54, 1.807) is 37.4 Å². The first kappa shape index (κ1) is 21.9. The number of anilines is 1. The molecule has 0 bridgehead atoms. The molecule has 3 aromatic carbocycles. The smallest absolute Gasteiger partial charge is 0.264 e. The first-order chi connectivity index (χ1) is 14.3. The molecule has 0 aliphatic heterocycles. The van der Waals surface area contributed by atoms with Crippen molar-refractivity contribution in [2.45, 2.75) is 18.4 Å². The maximum atomic E-state index is 13.3. The van der Waals surface area contributed by atoms with Gasteiger partial charge in [0, 0.05) is 18.6 Å². The van der Waals surface area contributed by atoms with Gasteiger partial charge in [-0.1, -0.05) is 59.6 Å². The van der Waals surface area contributed by atoms with Crippen LogP contribution < -0.4 is 4.31 Å². The molecule has 1 amide bonds. The first-order valence-electron chi connectivity index (χ1n) is 9.40. The number of likely N-dealkylation sites (N-methyl/N-ethyl adjacent to an activating group) is 1. The van der Waals surface area contributed by atoms with E-state index in [-0.39, 0.29) is 17.3 Å². The standard InChI is InChI=1S/C23H23ClN2O3S/c1-18-8-10-19(11-9-18)16-25(2)23(27)17-26(21-6-4-3-5-7-21)30(28,29)22-14-12-20(24)13-15-22/h3-15H,16-17H2,1-2H3. The van der Waals surface area contributed by atoms with E-state index in [2.05, 4.69) is 0 Å². The average molecular weight is 443 g/mol. The summed E-state index contributed by atoms with van der Waals surface area (Å²) in [7, 11) is -2.28. The number of rotatable bonds is 7. The number of carbonyl (C=O) groups is 1. The van der Waals surface area contributed by atoms with Crippen molar-refractivity contribution in [3.05, 3.63) is 95.0 Å². The zero-order chi connectivity index (χ0) is 21.7. The lowest BCUT2D eigenvalue weighted by Gasteiger charge is -2.26. The summed E-state index contributed by atoms with van der Waals surface area (Å²) in [5.41, 5.74) is 2.53. The predicted molar refractivity (Wildman–Crippen MR) is 120 cm³/mol. The van der Waals surface area contributed by atoms with Crippen LogP contribution in [0, 0.1) is 6.92 Å². The fourth-order valence-electron chi connectivity index (χ4n) is 2.94. The van der Waals surface area contributed by atoms with Crippen molar-refractivity contribution in [3.63, 3.8) is 0 Å². The monoisotopic (exact) mass is 442 g/mol. The van der Waals surface area contributed by atoms with E-state index in [1.165, 1.54) is 29.2 Å². The predicted octanol–water partition coefficient (Wildman–Crippen LogP) is 4.50. The molecule has 0 atom stereocenters. The Balaban J connectivity index is 1.86. The minimum absolute atomic E-state index is 0.0738. The molecule has 0 saturated carbocycles. The van der Waals surface area contributed by atoms with Gasteiger partial charge >= 0.3 is 0 Å². The molecule has 0 heterocycles. The van der Waals surface area contributed by atoms with Crippen molar-refractivity contribution >= 4 is 33.2 Å². The number of aryl methyl sites for hydroxylation is 1. The van der Waals surface area contributed by atoms with Crippen LogP contribution in [0.15, 0.2) is 83.8 Å². The van der Waals surface area contributed by atoms with E-state index in [0.717, 1.165) is 15.4 Å². The minimum Gasteiger partial charge on any atom is -0.340 e. The van der Waals surface area contributed by atoms with Crippen molar-refractivity contribution in [2.75, 3.05) is 17.9 Å². The van der Waals surface area contributed by atoms with Gasteiger partial charge in [0.25, 0.3) is 10.0 Å². The van der Waals surface area contributed by atoms with Gasteiger partial charge in [-0.05, 0) is 48.9 Å². The Morgan fingerprint density at radius 3 is 2.10 bits per heavy atom. The summed E-state index contributed by atoms with van der Waals surface area (Å²) in [5.74, 6) is -0.308. The normalized spacial score (nSPS) is 11.2. The molecule has 0 aliphatic rings. The second-order valence-corrected chi connectivity index (χ2v) is 9.34. The van der Waals surface area contributed by atoms with Crippen molar-refractivity contribution in [1.82, 2.24) is 4.90 Å². The Morgan fingerprint density at radius 2 is 1.50 bits per heavy atom. The molecule has 0 saturated heterocycles. The number of amides is 1. The molecule has 7 heteroatoms. The number of hydrogen-bond donors (Lipinski definition) is 0. The van der Waals surface area contributed by atoms with Gasteiger partial charge < -0.3 is 4.90 Å². The Hall–Kier alpha value is -2.83. The van der Waals surface area contributed by atoms with Crippen molar-refractivity contribution in [2.24, 2.45) is 0 Å². The molecule has 5 nitrogen and oxygen atoms in total. The summed E-state index contributed by atoms with van der Waals surface area (Å²) < 4.78 is 27.7. The fourth-order valence-corrected chi connectivity index (χ4v) is 4.48. The van der Waals surface area contributed by atoms with E-state index >= 15 is 0 Å². The lowest BCUT2D eigenvalue weighted by Crippen LogP contribution is -2.41. The number of halogens is 1. The molecule has 0 aromatic heterocycles. The zero-order valence-electron chi connectivity index (χ0n) is 16.8. The largest absolute Gasteiger partial charge is 0.340 e. The maximum Gasteiger partial charge on any atom is 0.264 e. The lowest BCUT2D eigenvalue weighted by atomic mass is 10.1. The molecule has 0 radical (unpaired) electrons. The maximum absolute atomic E-state index is 13.3. The second kappa shape index (κ2) is 9.32. The van der Waals surface area contributed by atoms with E-state index < -0.39 is 10.0 Å². The van der Waals surface area contributed by atoms with Crippen LogP contribution in [0.5, 0.6) is 0 Å². The molecule has 0 fully saturated rings. The van der Waals surface area contributed by atoms with Crippen LogP contribution in [0.3, 0.4) is 0 Å². The molecule has 0 aliphatic carbocycles. The van der Waals surface area contributed by atoms with Crippen LogP contribution >= 0.6 is 11.6 Å². The van der Waals surface area contributed by atoms with Crippen LogP contribution in [-0.2, 0) is 21.4 Å². The van der Waals surface area contributed by atoms with Crippen LogP contribution in [0.25, 0.3) is 0 Å². The topological polar surface area (TPSA) is 57.7 Å². The first-order valence-corrected chi connectivity index (χ1v) is 11.2. The van der Waals surface area contributed by atoms with E-state index in [9.17, 15) is 13.2 Å². The highest BCUT2D eigenvalue weighted by atomic mass is 35.5. The van der Waals surface area contributed by atoms with Gasteiger partial charge in [-0.2, -0.15) is 0 Å². The summed E-state index contributed by atoms with van der Waals surface area (Å²) in [5, 5.41) is 0.439. The zero-order valence-corrected chi connectivity index (χ0v) is 18.4. The highest BCUT2D eigenvalue weighted by Gasteiger charge is 2.28. The highest BCUT2D eigenvalue weighted by molar-refractivity contribution is 7.92. The Bertz CT molecular complexity index is 1100. The summed E-state index contributed by atoms with van der Waals surface area (Å²) >= 11 is 5.90. The number of nitrogens with zero attached hydrogens (tertiary/aromatic N) is 2. The van der Waals surface area contributed by atoms with E-state index in [4.69, 9.17) is 11.6 Å². The minimum atomic E-state index is -3.95. The fraction of sp³-hybridized carbons (Fsp3) is 0.174. The Labute approximate surface area is 182 Å². The number of hydrogen-bond acceptors (Lipinski definition) is 3. The van der Waals surface area contributed by atoms with Crippen LogP contribution in [0.4, 0.5) is 5.69 Å². The molecule has 0 N–H and O–H groups in total.